The van der Waals surface area contributed by atoms with Crippen LogP contribution in [0.5, 0.6) is 5.75 Å². The Balaban J connectivity index is 2.94. The first-order valence-electron chi connectivity index (χ1n) is 5.19. The van der Waals surface area contributed by atoms with Crippen LogP contribution >= 0.6 is 15.9 Å². The van der Waals surface area contributed by atoms with E-state index in [1.165, 1.54) is 19.1 Å². The van der Waals surface area contributed by atoms with Crippen molar-refractivity contribution in [2.24, 2.45) is 0 Å². The first-order chi connectivity index (χ1) is 9.10. The number of carbonyl (C=O) groups is 2. The molecule has 1 atom stereocenters. The summed E-state index contributed by atoms with van der Waals surface area (Å²) in [7, 11) is 0. The predicted molar refractivity (Wildman–Crippen MR) is 65.4 cm³/mol. The van der Waals surface area contributed by atoms with Gasteiger partial charge in [-0.1, -0.05) is 0 Å². The maximum Gasteiger partial charge on any atom is 0.573 e. The molecule has 1 aromatic rings. The summed E-state index contributed by atoms with van der Waals surface area (Å²) in [5, 5.41) is 10.7. The summed E-state index contributed by atoms with van der Waals surface area (Å²) in [6.45, 7) is 1.23. The molecule has 0 fully saturated rings. The van der Waals surface area contributed by atoms with E-state index in [1.807, 2.05) is 0 Å². The molecule has 1 amide bonds. The zero-order chi connectivity index (χ0) is 15.5. The van der Waals surface area contributed by atoms with Gasteiger partial charge in [0, 0.05) is 5.56 Å². The van der Waals surface area contributed by atoms with E-state index in [2.05, 4.69) is 26.0 Å². The Kier molecular flexibility index (Phi) is 4.98. The molecule has 0 aliphatic carbocycles. The molecule has 1 aromatic carbocycles. The number of aliphatic carboxylic acids is 1. The SMILES string of the molecule is CC(NC(=O)c1ccc(Br)c(OC(F)(F)F)c1)C(=O)O. The number of carboxylic acid groups (broad SMARTS) is 1. The highest BCUT2D eigenvalue weighted by Gasteiger charge is 2.32. The van der Waals surface area contributed by atoms with Crippen molar-refractivity contribution in [1.29, 1.82) is 0 Å². The van der Waals surface area contributed by atoms with Crippen molar-refractivity contribution in [3.63, 3.8) is 0 Å². The highest BCUT2D eigenvalue weighted by molar-refractivity contribution is 9.10. The number of hydrogen-bond donors (Lipinski definition) is 2. The third-order valence-corrected chi connectivity index (χ3v) is 2.79. The number of nitrogens with one attached hydrogen (secondary N) is 1. The number of rotatable bonds is 4. The lowest BCUT2D eigenvalue weighted by atomic mass is 10.2. The minimum Gasteiger partial charge on any atom is -0.480 e. The second kappa shape index (κ2) is 6.12. The predicted octanol–water partition coefficient (Wildman–Crippen LogP) is 2.55. The topological polar surface area (TPSA) is 75.6 Å². The molecule has 0 radical (unpaired) electrons. The van der Waals surface area contributed by atoms with Gasteiger partial charge in [0.1, 0.15) is 11.8 Å². The van der Waals surface area contributed by atoms with Crippen molar-refractivity contribution < 1.29 is 32.6 Å². The number of alkyl halides is 3. The number of carboxylic acids is 1. The summed E-state index contributed by atoms with van der Waals surface area (Å²) in [5.41, 5.74) is -0.152. The highest BCUT2D eigenvalue weighted by atomic mass is 79.9. The van der Waals surface area contributed by atoms with Gasteiger partial charge >= 0.3 is 12.3 Å². The van der Waals surface area contributed by atoms with Crippen LogP contribution in [-0.4, -0.2) is 29.4 Å². The molecular weight excluding hydrogens is 347 g/mol. The van der Waals surface area contributed by atoms with Crippen LogP contribution in [0.15, 0.2) is 22.7 Å². The maximum atomic E-state index is 12.1. The van der Waals surface area contributed by atoms with Crippen molar-refractivity contribution in [2.45, 2.75) is 19.3 Å². The van der Waals surface area contributed by atoms with E-state index in [1.54, 1.807) is 0 Å². The molecule has 110 valence electrons. The molecule has 1 unspecified atom stereocenters. The normalized spacial score (nSPS) is 12.7. The van der Waals surface area contributed by atoms with Crippen LogP contribution in [0.25, 0.3) is 0 Å². The zero-order valence-corrected chi connectivity index (χ0v) is 11.6. The van der Waals surface area contributed by atoms with Crippen LogP contribution in [0.3, 0.4) is 0 Å². The summed E-state index contributed by atoms with van der Waals surface area (Å²) < 4.78 is 40.2. The Labute approximate surface area is 119 Å². The van der Waals surface area contributed by atoms with Gasteiger partial charge in [0.25, 0.3) is 5.91 Å². The van der Waals surface area contributed by atoms with Gasteiger partial charge in [-0.05, 0) is 41.1 Å². The summed E-state index contributed by atoms with van der Waals surface area (Å²) in [4.78, 5) is 22.2. The molecule has 0 heterocycles. The summed E-state index contributed by atoms with van der Waals surface area (Å²) in [6, 6.07) is 2.12. The summed E-state index contributed by atoms with van der Waals surface area (Å²) in [5.74, 6) is -2.67. The van der Waals surface area contributed by atoms with E-state index in [9.17, 15) is 22.8 Å². The van der Waals surface area contributed by atoms with Gasteiger partial charge < -0.3 is 15.2 Å². The van der Waals surface area contributed by atoms with E-state index in [0.29, 0.717) is 0 Å². The minimum absolute atomic E-state index is 0.0117. The van der Waals surface area contributed by atoms with Crippen LogP contribution in [0.2, 0.25) is 0 Å². The smallest absolute Gasteiger partial charge is 0.480 e. The lowest BCUT2D eigenvalue weighted by Gasteiger charge is -2.13. The lowest BCUT2D eigenvalue weighted by Crippen LogP contribution is -2.38. The fraction of sp³-hybridized carbons (Fsp3) is 0.273. The molecule has 1 rings (SSSR count). The molecule has 2 N–H and O–H groups in total. The molecule has 0 aliphatic rings. The fourth-order valence-corrected chi connectivity index (χ4v) is 1.52. The minimum atomic E-state index is -4.90. The third kappa shape index (κ3) is 4.72. The first kappa shape index (κ1) is 16.3. The molecule has 0 saturated carbocycles. The Morgan fingerprint density at radius 3 is 2.50 bits per heavy atom. The average Bonchev–Trinajstić information content (AvgIpc) is 2.29. The van der Waals surface area contributed by atoms with Gasteiger partial charge in [0.05, 0.1) is 4.47 Å². The Morgan fingerprint density at radius 1 is 1.40 bits per heavy atom. The van der Waals surface area contributed by atoms with Crippen molar-refractivity contribution in [3.05, 3.63) is 28.2 Å². The van der Waals surface area contributed by atoms with E-state index in [0.717, 1.165) is 6.07 Å². The van der Waals surface area contributed by atoms with E-state index in [-0.39, 0.29) is 10.0 Å². The van der Waals surface area contributed by atoms with Gasteiger partial charge in [-0.25, -0.2) is 0 Å². The molecule has 5 nitrogen and oxygen atoms in total. The molecule has 20 heavy (non-hydrogen) atoms. The Bertz CT molecular complexity index is 533. The van der Waals surface area contributed by atoms with Crippen molar-refractivity contribution in [2.75, 3.05) is 0 Å². The Morgan fingerprint density at radius 2 is 2.00 bits per heavy atom. The Hall–Kier alpha value is -1.77. The number of amides is 1. The summed E-state index contributed by atoms with van der Waals surface area (Å²) in [6.07, 6.45) is -4.90. The second-order valence-corrected chi connectivity index (χ2v) is 4.58. The largest absolute Gasteiger partial charge is 0.573 e. The molecule has 9 heteroatoms. The monoisotopic (exact) mass is 355 g/mol. The lowest BCUT2D eigenvalue weighted by molar-refractivity contribution is -0.274. The van der Waals surface area contributed by atoms with Gasteiger partial charge in [0.15, 0.2) is 0 Å². The molecule has 0 spiro atoms. The van der Waals surface area contributed by atoms with E-state index in [4.69, 9.17) is 5.11 Å². The summed E-state index contributed by atoms with van der Waals surface area (Å²) >= 11 is 2.86. The molecule has 0 bridgehead atoms. The van der Waals surface area contributed by atoms with E-state index < -0.39 is 30.0 Å². The van der Waals surface area contributed by atoms with Gasteiger partial charge in [0.2, 0.25) is 0 Å². The van der Waals surface area contributed by atoms with Crippen LogP contribution < -0.4 is 10.1 Å². The van der Waals surface area contributed by atoms with Crippen LogP contribution in [0, 0.1) is 0 Å². The number of ether oxygens (including phenoxy) is 1. The van der Waals surface area contributed by atoms with Crippen LogP contribution in [0.4, 0.5) is 13.2 Å². The third-order valence-electron chi connectivity index (χ3n) is 2.14. The van der Waals surface area contributed by atoms with Gasteiger partial charge in [-0.15, -0.1) is 13.2 Å². The number of halogens is 4. The second-order valence-electron chi connectivity index (χ2n) is 3.73. The first-order valence-corrected chi connectivity index (χ1v) is 5.98. The number of benzene rings is 1. The quantitative estimate of drug-likeness (QED) is 0.870. The van der Waals surface area contributed by atoms with Crippen LogP contribution in [-0.2, 0) is 4.79 Å². The van der Waals surface area contributed by atoms with Crippen molar-refractivity contribution in [1.82, 2.24) is 5.32 Å². The average molecular weight is 356 g/mol. The molecule has 0 aliphatic heterocycles. The van der Waals surface area contributed by atoms with E-state index >= 15 is 0 Å². The fourth-order valence-electron chi connectivity index (χ4n) is 1.19. The molecule has 0 saturated heterocycles. The van der Waals surface area contributed by atoms with Gasteiger partial charge in [-0.3, -0.25) is 9.59 Å². The maximum absolute atomic E-state index is 12.1. The standard InChI is InChI=1S/C11H9BrF3NO4/c1-5(10(18)19)16-9(17)6-2-3-7(12)8(4-6)20-11(13,14)15/h2-5H,1H3,(H,16,17)(H,18,19). The van der Waals surface area contributed by atoms with Crippen molar-refractivity contribution in [3.8, 4) is 5.75 Å². The number of carbonyl (C=O) groups excluding carboxylic acids is 1. The number of hydrogen-bond acceptors (Lipinski definition) is 3. The van der Waals surface area contributed by atoms with Crippen LogP contribution in [0.1, 0.15) is 17.3 Å². The molecular formula is C11H9BrF3NO4. The van der Waals surface area contributed by atoms with Crippen molar-refractivity contribution >= 4 is 27.8 Å². The van der Waals surface area contributed by atoms with Gasteiger partial charge in [-0.2, -0.15) is 0 Å². The molecule has 0 aromatic heterocycles. The highest BCUT2D eigenvalue weighted by Crippen LogP contribution is 2.31. The zero-order valence-electron chi connectivity index (χ0n) is 9.99.